The number of nitrogens with two attached hydrogens (primary N) is 1. The molecule has 0 aliphatic heterocycles. The van der Waals surface area contributed by atoms with E-state index >= 15 is 0 Å². The first-order chi connectivity index (χ1) is 8.93. The first kappa shape index (κ1) is 13.3. The molecule has 2 aromatic rings. The van der Waals surface area contributed by atoms with E-state index in [-0.39, 0.29) is 5.56 Å². The third-order valence-corrected chi connectivity index (χ3v) is 2.77. The molecule has 2 rings (SSSR count). The van der Waals surface area contributed by atoms with E-state index in [0.717, 1.165) is 6.07 Å². The van der Waals surface area contributed by atoms with Crippen LogP contribution in [0.3, 0.4) is 0 Å². The molecule has 100 valence electrons. The molecule has 2 nitrogen and oxygen atoms in total. The smallest absolute Gasteiger partial charge is 0.417 e. The van der Waals surface area contributed by atoms with Crippen molar-refractivity contribution < 1.29 is 17.9 Å². The van der Waals surface area contributed by atoms with Gasteiger partial charge in [-0.1, -0.05) is 24.3 Å². The van der Waals surface area contributed by atoms with Gasteiger partial charge in [0, 0.05) is 0 Å². The fourth-order valence-corrected chi connectivity index (χ4v) is 1.88. The van der Waals surface area contributed by atoms with Gasteiger partial charge in [-0.3, -0.25) is 0 Å². The topological polar surface area (TPSA) is 35.2 Å². The summed E-state index contributed by atoms with van der Waals surface area (Å²) in [6.45, 7) is 0. The van der Waals surface area contributed by atoms with Gasteiger partial charge in [-0.15, -0.1) is 0 Å². The van der Waals surface area contributed by atoms with Crippen molar-refractivity contribution in [1.29, 1.82) is 0 Å². The first-order valence-corrected chi connectivity index (χ1v) is 5.53. The van der Waals surface area contributed by atoms with E-state index in [2.05, 4.69) is 0 Å². The molecule has 0 saturated carbocycles. The third kappa shape index (κ3) is 2.65. The van der Waals surface area contributed by atoms with Gasteiger partial charge >= 0.3 is 6.18 Å². The number of ether oxygens (including phenoxy) is 1. The minimum absolute atomic E-state index is 0.101. The van der Waals surface area contributed by atoms with Gasteiger partial charge < -0.3 is 10.5 Å². The number of hydrogen-bond acceptors (Lipinski definition) is 2. The van der Waals surface area contributed by atoms with Crippen LogP contribution in [-0.2, 0) is 6.18 Å². The molecule has 0 heterocycles. The normalized spacial score (nSPS) is 11.4. The second-order valence-electron chi connectivity index (χ2n) is 4.00. The van der Waals surface area contributed by atoms with Crippen LogP contribution in [0.4, 0.5) is 18.9 Å². The Morgan fingerprint density at radius 3 is 2.32 bits per heavy atom. The van der Waals surface area contributed by atoms with Gasteiger partial charge in [0.15, 0.2) is 0 Å². The highest BCUT2D eigenvalue weighted by atomic mass is 19.4. The molecular weight excluding hydrogens is 255 g/mol. The van der Waals surface area contributed by atoms with Crippen LogP contribution in [0, 0.1) is 0 Å². The molecule has 0 bridgehead atoms. The molecule has 2 N–H and O–H groups in total. The van der Waals surface area contributed by atoms with Crippen LogP contribution in [0.25, 0.3) is 11.1 Å². The number of benzene rings is 2. The van der Waals surface area contributed by atoms with E-state index in [0.29, 0.717) is 17.0 Å². The number of rotatable bonds is 2. The van der Waals surface area contributed by atoms with E-state index in [4.69, 9.17) is 10.5 Å². The standard InChI is InChI=1S/C14H12F3NO/c1-19-13-7-6-9(8-12(13)18)10-4-2-3-5-11(10)14(15,16)17/h2-8H,18H2,1H3. The van der Waals surface area contributed by atoms with E-state index < -0.39 is 11.7 Å². The monoisotopic (exact) mass is 267 g/mol. The van der Waals surface area contributed by atoms with Crippen LogP contribution in [0.5, 0.6) is 5.75 Å². The van der Waals surface area contributed by atoms with E-state index in [1.54, 1.807) is 18.2 Å². The maximum atomic E-state index is 12.9. The van der Waals surface area contributed by atoms with Crippen molar-refractivity contribution in [1.82, 2.24) is 0 Å². The van der Waals surface area contributed by atoms with Crippen molar-refractivity contribution in [2.45, 2.75) is 6.18 Å². The minimum atomic E-state index is -4.40. The second-order valence-corrected chi connectivity index (χ2v) is 4.00. The molecule has 0 amide bonds. The van der Waals surface area contributed by atoms with Gasteiger partial charge in [-0.2, -0.15) is 13.2 Å². The Morgan fingerprint density at radius 1 is 1.05 bits per heavy atom. The number of methoxy groups -OCH3 is 1. The molecule has 19 heavy (non-hydrogen) atoms. The predicted octanol–water partition coefficient (Wildman–Crippen LogP) is 3.96. The third-order valence-electron chi connectivity index (χ3n) is 2.77. The quantitative estimate of drug-likeness (QED) is 0.836. The lowest BCUT2D eigenvalue weighted by atomic mass is 9.99. The number of anilines is 1. The summed E-state index contributed by atoms with van der Waals surface area (Å²) in [4.78, 5) is 0. The average Bonchev–Trinajstić information content (AvgIpc) is 2.37. The first-order valence-electron chi connectivity index (χ1n) is 5.53. The lowest BCUT2D eigenvalue weighted by molar-refractivity contribution is -0.137. The summed E-state index contributed by atoms with van der Waals surface area (Å²) in [6, 6.07) is 9.98. The summed E-state index contributed by atoms with van der Waals surface area (Å²) >= 11 is 0. The largest absolute Gasteiger partial charge is 0.495 e. The van der Waals surface area contributed by atoms with Crippen molar-refractivity contribution in [3.05, 3.63) is 48.0 Å². The van der Waals surface area contributed by atoms with Crippen LogP contribution >= 0.6 is 0 Å². The SMILES string of the molecule is COc1ccc(-c2ccccc2C(F)(F)F)cc1N. The van der Waals surface area contributed by atoms with E-state index in [1.807, 2.05) is 0 Å². The maximum Gasteiger partial charge on any atom is 0.417 e. The van der Waals surface area contributed by atoms with Crippen LogP contribution in [-0.4, -0.2) is 7.11 Å². The molecule has 0 atom stereocenters. The highest BCUT2D eigenvalue weighted by molar-refractivity contribution is 5.73. The summed E-state index contributed by atoms with van der Waals surface area (Å²) in [5, 5.41) is 0. The summed E-state index contributed by atoms with van der Waals surface area (Å²) in [5.41, 5.74) is 5.85. The van der Waals surface area contributed by atoms with Crippen LogP contribution < -0.4 is 10.5 Å². The Hall–Kier alpha value is -2.17. The number of halogens is 3. The van der Waals surface area contributed by atoms with Crippen molar-refractivity contribution in [2.24, 2.45) is 0 Å². The summed E-state index contributed by atoms with van der Waals surface area (Å²) in [5.74, 6) is 0.438. The Labute approximate surface area is 108 Å². The molecule has 0 aliphatic rings. The van der Waals surface area contributed by atoms with Gasteiger partial charge in [0.2, 0.25) is 0 Å². The highest BCUT2D eigenvalue weighted by Crippen LogP contribution is 2.38. The second kappa shape index (κ2) is 4.84. The molecule has 0 spiro atoms. The predicted molar refractivity (Wildman–Crippen MR) is 67.8 cm³/mol. The summed E-state index contributed by atoms with van der Waals surface area (Å²) < 4.78 is 43.8. The Balaban J connectivity index is 2.57. The van der Waals surface area contributed by atoms with Crippen molar-refractivity contribution >= 4 is 5.69 Å². The van der Waals surface area contributed by atoms with Crippen LogP contribution in [0.1, 0.15) is 5.56 Å². The Kier molecular flexibility index (Phi) is 3.38. The molecule has 0 radical (unpaired) electrons. The van der Waals surface area contributed by atoms with E-state index in [1.165, 1.54) is 25.3 Å². The minimum Gasteiger partial charge on any atom is -0.495 e. The molecule has 0 saturated heterocycles. The van der Waals surface area contributed by atoms with Crippen molar-refractivity contribution in [2.75, 3.05) is 12.8 Å². The number of hydrogen-bond donors (Lipinski definition) is 1. The molecule has 0 unspecified atom stereocenters. The molecule has 0 aliphatic carbocycles. The lowest BCUT2D eigenvalue weighted by Gasteiger charge is -2.14. The van der Waals surface area contributed by atoms with Crippen molar-refractivity contribution in [3.8, 4) is 16.9 Å². The zero-order valence-corrected chi connectivity index (χ0v) is 10.2. The fourth-order valence-electron chi connectivity index (χ4n) is 1.88. The van der Waals surface area contributed by atoms with Gasteiger partial charge in [0.25, 0.3) is 0 Å². The van der Waals surface area contributed by atoms with Gasteiger partial charge in [0.1, 0.15) is 5.75 Å². The van der Waals surface area contributed by atoms with Crippen LogP contribution in [0.2, 0.25) is 0 Å². The highest BCUT2D eigenvalue weighted by Gasteiger charge is 2.33. The molecule has 5 heteroatoms. The zero-order chi connectivity index (χ0) is 14.0. The van der Waals surface area contributed by atoms with Crippen LogP contribution in [0.15, 0.2) is 42.5 Å². The van der Waals surface area contributed by atoms with Gasteiger partial charge in [0.05, 0.1) is 18.4 Å². The van der Waals surface area contributed by atoms with Gasteiger partial charge in [-0.05, 0) is 29.3 Å². The molecule has 0 aromatic heterocycles. The van der Waals surface area contributed by atoms with Gasteiger partial charge in [-0.25, -0.2) is 0 Å². The molecule has 2 aromatic carbocycles. The van der Waals surface area contributed by atoms with Crippen molar-refractivity contribution in [3.63, 3.8) is 0 Å². The van der Waals surface area contributed by atoms with E-state index in [9.17, 15) is 13.2 Å². The average molecular weight is 267 g/mol. The molecule has 0 fully saturated rings. The summed E-state index contributed by atoms with van der Waals surface area (Å²) in [6.07, 6.45) is -4.40. The Morgan fingerprint density at radius 2 is 1.74 bits per heavy atom. The maximum absolute atomic E-state index is 12.9. The number of nitrogen functional groups attached to an aromatic ring is 1. The summed E-state index contributed by atoms with van der Waals surface area (Å²) in [7, 11) is 1.45. The fraction of sp³-hybridized carbons (Fsp3) is 0.143. The number of alkyl halides is 3. The Bertz CT molecular complexity index is 593. The molecular formula is C14H12F3NO. The zero-order valence-electron chi connectivity index (χ0n) is 10.2. The lowest BCUT2D eigenvalue weighted by Crippen LogP contribution is -2.07.